The highest BCUT2D eigenvalue weighted by molar-refractivity contribution is 4.61. The van der Waals surface area contributed by atoms with Gasteiger partial charge in [0.2, 0.25) is 0 Å². The van der Waals surface area contributed by atoms with E-state index in [9.17, 15) is 0 Å². The van der Waals surface area contributed by atoms with Gasteiger partial charge < -0.3 is 0 Å². The van der Waals surface area contributed by atoms with Gasteiger partial charge in [-0.3, -0.25) is 0 Å². The molecular formula is C29H60. The topological polar surface area (TPSA) is 0 Å². The van der Waals surface area contributed by atoms with Crippen LogP contribution in [0.15, 0.2) is 0 Å². The molecule has 0 aromatic carbocycles. The van der Waals surface area contributed by atoms with Crippen LogP contribution >= 0.6 is 0 Å². The number of unbranched alkanes of at least 4 members (excludes halogenated alkanes) is 5. The first-order valence-corrected chi connectivity index (χ1v) is 13.8. The third kappa shape index (κ3) is 22.5. The maximum atomic E-state index is 2.49. The Hall–Kier alpha value is 0. The number of rotatable bonds is 21. The van der Waals surface area contributed by atoms with Crippen molar-refractivity contribution in [2.45, 2.75) is 158 Å². The fraction of sp³-hybridized carbons (Fsp3) is 1.00. The molecule has 0 saturated heterocycles. The van der Waals surface area contributed by atoms with E-state index in [1.54, 1.807) is 0 Å². The zero-order valence-electron chi connectivity index (χ0n) is 21.9. The van der Waals surface area contributed by atoms with Gasteiger partial charge >= 0.3 is 0 Å². The summed E-state index contributed by atoms with van der Waals surface area (Å²) >= 11 is 0. The lowest BCUT2D eigenvalue weighted by Crippen LogP contribution is -2.01. The fourth-order valence-electron chi connectivity index (χ4n) is 4.68. The summed E-state index contributed by atoms with van der Waals surface area (Å²) in [6, 6.07) is 0. The van der Waals surface area contributed by atoms with E-state index in [1.165, 1.54) is 109 Å². The summed E-state index contributed by atoms with van der Waals surface area (Å²) in [5, 5.41) is 0. The van der Waals surface area contributed by atoms with Gasteiger partial charge in [0.25, 0.3) is 0 Å². The Balaban J connectivity index is 3.43. The van der Waals surface area contributed by atoms with Gasteiger partial charge in [-0.25, -0.2) is 0 Å². The Kier molecular flexibility index (Phi) is 19.9. The van der Waals surface area contributed by atoms with Crippen LogP contribution in [0.5, 0.6) is 0 Å². The van der Waals surface area contributed by atoms with Crippen molar-refractivity contribution in [2.24, 2.45) is 29.6 Å². The molecule has 0 amide bonds. The summed E-state index contributed by atoms with van der Waals surface area (Å²) in [6.45, 7) is 16.8. The predicted molar refractivity (Wildman–Crippen MR) is 136 cm³/mol. The average Bonchev–Trinajstić information content (AvgIpc) is 2.64. The van der Waals surface area contributed by atoms with Crippen molar-refractivity contribution in [3.63, 3.8) is 0 Å². The van der Waals surface area contributed by atoms with E-state index in [1.807, 2.05) is 0 Å². The molecule has 0 aromatic rings. The normalized spacial score (nSPS) is 15.2. The average molecular weight is 409 g/mol. The van der Waals surface area contributed by atoms with E-state index in [2.05, 4.69) is 48.5 Å². The summed E-state index contributed by atoms with van der Waals surface area (Å²) in [4.78, 5) is 0. The zero-order chi connectivity index (χ0) is 21.9. The van der Waals surface area contributed by atoms with Crippen molar-refractivity contribution in [1.82, 2.24) is 0 Å². The zero-order valence-corrected chi connectivity index (χ0v) is 21.9. The third-order valence-electron chi connectivity index (χ3n) is 6.99. The molecule has 0 bridgehead atoms. The molecule has 0 N–H and O–H groups in total. The van der Waals surface area contributed by atoms with Crippen LogP contribution in [-0.2, 0) is 0 Å². The quantitative estimate of drug-likeness (QED) is 0.166. The summed E-state index contributed by atoms with van der Waals surface area (Å²) in [6.07, 6.45) is 24.7. The SMILES string of the molecule is CC(C)CCCCCCCC(C)CCCCC(C)CCCC(C)CCCC(C)C. The minimum atomic E-state index is 0.879. The van der Waals surface area contributed by atoms with Crippen LogP contribution in [0.1, 0.15) is 158 Å². The molecule has 0 saturated carbocycles. The lowest BCUT2D eigenvalue weighted by molar-refractivity contribution is 0.377. The van der Waals surface area contributed by atoms with Gasteiger partial charge in [0.1, 0.15) is 0 Å². The highest BCUT2D eigenvalue weighted by atomic mass is 14.1. The molecular weight excluding hydrogens is 348 g/mol. The molecule has 0 spiro atoms. The Morgan fingerprint density at radius 1 is 0.276 bits per heavy atom. The largest absolute Gasteiger partial charge is 0.0628 e. The fourth-order valence-corrected chi connectivity index (χ4v) is 4.68. The van der Waals surface area contributed by atoms with E-state index in [4.69, 9.17) is 0 Å². The molecule has 0 aromatic heterocycles. The van der Waals surface area contributed by atoms with Gasteiger partial charge in [-0.15, -0.1) is 0 Å². The van der Waals surface area contributed by atoms with Crippen molar-refractivity contribution >= 4 is 0 Å². The minimum Gasteiger partial charge on any atom is -0.0628 e. The van der Waals surface area contributed by atoms with Crippen LogP contribution in [0.3, 0.4) is 0 Å². The van der Waals surface area contributed by atoms with Crippen LogP contribution < -0.4 is 0 Å². The number of hydrogen-bond acceptors (Lipinski definition) is 0. The smallest absolute Gasteiger partial charge is 0.0443 e. The standard InChI is InChI=1S/C29H60/c1-25(2)17-11-9-8-10-12-19-27(5)20-13-14-21-28(6)23-16-24-29(7)22-15-18-26(3)4/h25-29H,8-24H2,1-7H3. The van der Waals surface area contributed by atoms with E-state index >= 15 is 0 Å². The monoisotopic (exact) mass is 408 g/mol. The van der Waals surface area contributed by atoms with Gasteiger partial charge in [-0.2, -0.15) is 0 Å². The van der Waals surface area contributed by atoms with Gasteiger partial charge in [0, 0.05) is 0 Å². The maximum absolute atomic E-state index is 2.49. The van der Waals surface area contributed by atoms with Crippen LogP contribution in [-0.4, -0.2) is 0 Å². The molecule has 29 heavy (non-hydrogen) atoms. The summed E-state index contributed by atoms with van der Waals surface area (Å²) in [5.74, 6) is 4.61. The van der Waals surface area contributed by atoms with E-state index < -0.39 is 0 Å². The first kappa shape index (κ1) is 29.0. The lowest BCUT2D eigenvalue weighted by atomic mass is 9.91. The Labute approximate surface area is 187 Å². The lowest BCUT2D eigenvalue weighted by Gasteiger charge is -2.16. The number of hydrogen-bond donors (Lipinski definition) is 0. The van der Waals surface area contributed by atoms with E-state index in [0.717, 1.165) is 29.6 Å². The molecule has 176 valence electrons. The predicted octanol–water partition coefficient (Wildman–Crippen LogP) is 10.8. The molecule has 0 heteroatoms. The third-order valence-corrected chi connectivity index (χ3v) is 6.99. The van der Waals surface area contributed by atoms with Crippen molar-refractivity contribution in [2.75, 3.05) is 0 Å². The van der Waals surface area contributed by atoms with Crippen molar-refractivity contribution < 1.29 is 0 Å². The van der Waals surface area contributed by atoms with Crippen LogP contribution in [0.2, 0.25) is 0 Å². The second-order valence-electron chi connectivity index (χ2n) is 11.6. The molecule has 0 nitrogen and oxygen atoms in total. The van der Waals surface area contributed by atoms with Crippen molar-refractivity contribution in [3.05, 3.63) is 0 Å². The molecule has 0 rings (SSSR count). The molecule has 0 aliphatic heterocycles. The Morgan fingerprint density at radius 2 is 0.517 bits per heavy atom. The van der Waals surface area contributed by atoms with Crippen molar-refractivity contribution in [3.8, 4) is 0 Å². The second kappa shape index (κ2) is 19.9. The van der Waals surface area contributed by atoms with Gasteiger partial charge in [-0.05, 0) is 29.6 Å². The summed E-state index contributed by atoms with van der Waals surface area (Å²) < 4.78 is 0. The van der Waals surface area contributed by atoms with Crippen molar-refractivity contribution in [1.29, 1.82) is 0 Å². The molecule has 0 aliphatic rings. The van der Waals surface area contributed by atoms with Crippen LogP contribution in [0.25, 0.3) is 0 Å². The van der Waals surface area contributed by atoms with E-state index in [0.29, 0.717) is 0 Å². The molecule has 0 aliphatic carbocycles. The molecule has 3 atom stereocenters. The molecule has 0 heterocycles. The van der Waals surface area contributed by atoms with Gasteiger partial charge in [0.05, 0.1) is 0 Å². The molecule has 3 unspecified atom stereocenters. The first-order chi connectivity index (χ1) is 13.8. The molecule has 0 radical (unpaired) electrons. The summed E-state index contributed by atoms with van der Waals surface area (Å²) in [7, 11) is 0. The van der Waals surface area contributed by atoms with Gasteiger partial charge in [0.15, 0.2) is 0 Å². The first-order valence-electron chi connectivity index (χ1n) is 13.8. The maximum Gasteiger partial charge on any atom is -0.0443 e. The minimum absolute atomic E-state index is 0.879. The Bertz CT molecular complexity index is 316. The highest BCUT2D eigenvalue weighted by Gasteiger charge is 2.07. The highest BCUT2D eigenvalue weighted by Crippen LogP contribution is 2.23. The van der Waals surface area contributed by atoms with Crippen LogP contribution in [0.4, 0.5) is 0 Å². The van der Waals surface area contributed by atoms with Gasteiger partial charge in [-0.1, -0.05) is 158 Å². The van der Waals surface area contributed by atoms with E-state index in [-0.39, 0.29) is 0 Å². The van der Waals surface area contributed by atoms with Crippen LogP contribution in [0, 0.1) is 29.6 Å². The Morgan fingerprint density at radius 3 is 0.931 bits per heavy atom. The summed E-state index contributed by atoms with van der Waals surface area (Å²) in [5.41, 5.74) is 0. The molecule has 0 fully saturated rings. The second-order valence-corrected chi connectivity index (χ2v) is 11.6.